The van der Waals surface area contributed by atoms with Gasteiger partial charge in [-0.15, -0.1) is 0 Å². The van der Waals surface area contributed by atoms with E-state index < -0.39 is 0 Å². The van der Waals surface area contributed by atoms with Crippen molar-refractivity contribution in [1.29, 1.82) is 0 Å². The molecule has 0 heterocycles. The van der Waals surface area contributed by atoms with Gasteiger partial charge in [-0.05, 0) is 37.0 Å². The second-order valence-electron chi connectivity index (χ2n) is 7.23. The number of hydrogen-bond donors (Lipinski definition) is 1. The molecule has 0 spiro atoms. The standard InChI is InChI=1S/C23H38OS/c1-2-3-4-11-14-21-16-18-22(19-17-21)23(24)15-12-9-7-5-6-8-10-13-20-25/h16-19,25H,2-15,20H2,1H3. The van der Waals surface area contributed by atoms with E-state index in [0.717, 1.165) is 24.2 Å². The Bertz CT molecular complexity index is 438. The number of rotatable bonds is 16. The summed E-state index contributed by atoms with van der Waals surface area (Å²) >= 11 is 4.24. The van der Waals surface area contributed by atoms with Crippen LogP contribution < -0.4 is 0 Å². The number of Topliss-reactive ketones (excluding diaryl/α,β-unsaturated/α-hetero) is 1. The van der Waals surface area contributed by atoms with Gasteiger partial charge in [0.15, 0.2) is 5.78 Å². The monoisotopic (exact) mass is 362 g/mol. The molecule has 0 aromatic heterocycles. The Labute approximate surface area is 161 Å². The maximum Gasteiger partial charge on any atom is 0.162 e. The molecule has 1 aromatic rings. The summed E-state index contributed by atoms with van der Waals surface area (Å²) in [5.74, 6) is 1.33. The van der Waals surface area contributed by atoms with Crippen LogP contribution in [-0.2, 0) is 6.42 Å². The molecule has 0 fully saturated rings. The maximum absolute atomic E-state index is 12.3. The van der Waals surface area contributed by atoms with Crippen LogP contribution in [0.4, 0.5) is 0 Å². The zero-order chi connectivity index (χ0) is 18.2. The zero-order valence-electron chi connectivity index (χ0n) is 16.3. The predicted molar refractivity (Wildman–Crippen MR) is 114 cm³/mol. The number of benzene rings is 1. The van der Waals surface area contributed by atoms with E-state index in [2.05, 4.69) is 31.7 Å². The molecule has 0 N–H and O–H groups in total. The summed E-state index contributed by atoms with van der Waals surface area (Å²) in [5, 5.41) is 0. The molecule has 1 nitrogen and oxygen atoms in total. The van der Waals surface area contributed by atoms with E-state index in [-0.39, 0.29) is 0 Å². The van der Waals surface area contributed by atoms with Crippen LogP contribution in [0.5, 0.6) is 0 Å². The van der Waals surface area contributed by atoms with E-state index in [0.29, 0.717) is 12.2 Å². The Hall–Kier alpha value is -0.760. The number of hydrogen-bond acceptors (Lipinski definition) is 2. The van der Waals surface area contributed by atoms with Gasteiger partial charge in [0.25, 0.3) is 0 Å². The molecule has 0 aliphatic carbocycles. The quantitative estimate of drug-likeness (QED) is 0.184. The van der Waals surface area contributed by atoms with Crippen LogP contribution in [0.25, 0.3) is 0 Å². The number of thiol groups is 1. The molecule has 0 saturated carbocycles. The summed E-state index contributed by atoms with van der Waals surface area (Å²) in [7, 11) is 0. The minimum Gasteiger partial charge on any atom is -0.294 e. The molecule has 0 aliphatic rings. The smallest absolute Gasteiger partial charge is 0.162 e. The van der Waals surface area contributed by atoms with Gasteiger partial charge in [0.1, 0.15) is 0 Å². The van der Waals surface area contributed by atoms with Gasteiger partial charge in [0, 0.05) is 12.0 Å². The molecule has 1 aromatic carbocycles. The van der Waals surface area contributed by atoms with Gasteiger partial charge < -0.3 is 0 Å². The SMILES string of the molecule is CCCCCCc1ccc(C(=O)CCCCCCCCCCS)cc1. The minimum absolute atomic E-state index is 0.311. The number of ketones is 1. The third-order valence-corrected chi connectivity index (χ3v) is 5.22. The van der Waals surface area contributed by atoms with Crippen molar-refractivity contribution in [2.75, 3.05) is 5.75 Å². The van der Waals surface area contributed by atoms with E-state index in [1.807, 2.05) is 12.1 Å². The fourth-order valence-electron chi connectivity index (χ4n) is 3.22. The third-order valence-electron chi connectivity index (χ3n) is 4.91. The number of aryl methyl sites for hydroxylation is 1. The van der Waals surface area contributed by atoms with Crippen molar-refractivity contribution < 1.29 is 4.79 Å². The lowest BCUT2D eigenvalue weighted by molar-refractivity contribution is 0.0979. The molecule has 0 unspecified atom stereocenters. The molecule has 25 heavy (non-hydrogen) atoms. The molecule has 2 heteroatoms. The maximum atomic E-state index is 12.3. The fourth-order valence-corrected chi connectivity index (χ4v) is 3.44. The highest BCUT2D eigenvalue weighted by Gasteiger charge is 2.05. The molecule has 0 saturated heterocycles. The van der Waals surface area contributed by atoms with Crippen LogP contribution in [0.3, 0.4) is 0 Å². The second-order valence-corrected chi connectivity index (χ2v) is 7.68. The average Bonchev–Trinajstić information content (AvgIpc) is 2.64. The Kier molecular flexibility index (Phi) is 13.8. The van der Waals surface area contributed by atoms with Crippen molar-refractivity contribution in [3.63, 3.8) is 0 Å². The van der Waals surface area contributed by atoms with Crippen LogP contribution in [0, 0.1) is 0 Å². The Balaban J connectivity index is 2.10. The van der Waals surface area contributed by atoms with E-state index in [9.17, 15) is 4.79 Å². The molecule has 0 amide bonds. The zero-order valence-corrected chi connectivity index (χ0v) is 17.2. The average molecular weight is 363 g/mol. The molecule has 142 valence electrons. The largest absolute Gasteiger partial charge is 0.294 e. The first-order chi connectivity index (χ1) is 12.3. The van der Waals surface area contributed by atoms with Crippen molar-refractivity contribution in [1.82, 2.24) is 0 Å². The topological polar surface area (TPSA) is 17.1 Å². The molecule has 0 atom stereocenters. The van der Waals surface area contributed by atoms with E-state index in [1.54, 1.807) is 0 Å². The van der Waals surface area contributed by atoms with Crippen LogP contribution in [0.15, 0.2) is 24.3 Å². The van der Waals surface area contributed by atoms with Crippen LogP contribution in [-0.4, -0.2) is 11.5 Å². The molecular formula is C23H38OS. The van der Waals surface area contributed by atoms with Crippen LogP contribution in [0.1, 0.15) is 106 Å². The molecule has 1 rings (SSSR count). The van der Waals surface area contributed by atoms with E-state index >= 15 is 0 Å². The summed E-state index contributed by atoms with van der Waals surface area (Å²) in [5.41, 5.74) is 2.26. The van der Waals surface area contributed by atoms with Crippen LogP contribution in [0.2, 0.25) is 0 Å². The number of carbonyl (C=O) groups is 1. The minimum atomic E-state index is 0.311. The summed E-state index contributed by atoms with van der Waals surface area (Å²) in [6, 6.07) is 8.34. The van der Waals surface area contributed by atoms with Gasteiger partial charge in [-0.25, -0.2) is 0 Å². The molecular weight excluding hydrogens is 324 g/mol. The third kappa shape index (κ3) is 11.5. The Morgan fingerprint density at radius 1 is 0.760 bits per heavy atom. The number of unbranched alkanes of at least 4 members (excludes halogenated alkanes) is 10. The van der Waals surface area contributed by atoms with Crippen molar-refractivity contribution in [2.24, 2.45) is 0 Å². The summed E-state index contributed by atoms with van der Waals surface area (Å²) in [4.78, 5) is 12.3. The van der Waals surface area contributed by atoms with E-state index in [4.69, 9.17) is 0 Å². The second kappa shape index (κ2) is 15.5. The Morgan fingerprint density at radius 2 is 1.32 bits per heavy atom. The molecule has 0 aliphatic heterocycles. The summed E-state index contributed by atoms with van der Waals surface area (Å²) in [6.07, 6.45) is 17.1. The lowest BCUT2D eigenvalue weighted by Crippen LogP contribution is -1.99. The molecule has 0 radical (unpaired) electrons. The summed E-state index contributed by atoms with van der Waals surface area (Å²) < 4.78 is 0. The first-order valence-corrected chi connectivity index (χ1v) is 11.1. The van der Waals surface area contributed by atoms with Gasteiger partial charge in [-0.2, -0.15) is 12.6 Å². The first kappa shape index (κ1) is 22.3. The summed E-state index contributed by atoms with van der Waals surface area (Å²) in [6.45, 7) is 2.24. The van der Waals surface area contributed by atoms with Gasteiger partial charge in [0.2, 0.25) is 0 Å². The predicted octanol–water partition coefficient (Wildman–Crippen LogP) is 7.43. The van der Waals surface area contributed by atoms with Crippen LogP contribution >= 0.6 is 12.6 Å². The van der Waals surface area contributed by atoms with Gasteiger partial charge in [0.05, 0.1) is 0 Å². The van der Waals surface area contributed by atoms with Gasteiger partial charge in [-0.3, -0.25) is 4.79 Å². The molecule has 0 bridgehead atoms. The van der Waals surface area contributed by atoms with Crippen molar-refractivity contribution in [2.45, 2.75) is 96.8 Å². The lowest BCUT2D eigenvalue weighted by Gasteiger charge is -2.05. The Morgan fingerprint density at radius 3 is 1.92 bits per heavy atom. The highest BCUT2D eigenvalue weighted by atomic mass is 32.1. The van der Waals surface area contributed by atoms with Crippen molar-refractivity contribution in [3.8, 4) is 0 Å². The number of carbonyl (C=O) groups excluding carboxylic acids is 1. The fraction of sp³-hybridized carbons (Fsp3) is 0.696. The highest BCUT2D eigenvalue weighted by molar-refractivity contribution is 7.80. The van der Waals surface area contributed by atoms with Crippen molar-refractivity contribution in [3.05, 3.63) is 35.4 Å². The van der Waals surface area contributed by atoms with Gasteiger partial charge >= 0.3 is 0 Å². The normalized spacial score (nSPS) is 11.0. The lowest BCUT2D eigenvalue weighted by atomic mass is 10.0. The first-order valence-electron chi connectivity index (χ1n) is 10.5. The van der Waals surface area contributed by atoms with Gasteiger partial charge in [-0.1, -0.05) is 89.0 Å². The highest BCUT2D eigenvalue weighted by Crippen LogP contribution is 2.14. The van der Waals surface area contributed by atoms with E-state index in [1.165, 1.54) is 76.2 Å². The van der Waals surface area contributed by atoms with Crippen molar-refractivity contribution >= 4 is 18.4 Å².